The molecular weight excluding hydrogens is 114 g/mol. The zero-order chi connectivity index (χ0) is 6.69. The molecule has 1 rings (SSSR count). The van der Waals surface area contributed by atoms with Crippen LogP contribution in [0.25, 0.3) is 0 Å². The highest BCUT2D eigenvalue weighted by Crippen LogP contribution is 2.14. The third kappa shape index (κ3) is 1.66. The lowest BCUT2D eigenvalue weighted by Gasteiger charge is -2.18. The van der Waals surface area contributed by atoms with Crippen molar-refractivity contribution in [2.24, 2.45) is 0 Å². The molecular formula is C7H15NO. The zero-order valence-corrected chi connectivity index (χ0v) is 6.26. The van der Waals surface area contributed by atoms with Crippen LogP contribution in [0.4, 0.5) is 0 Å². The second-order valence-electron chi connectivity index (χ2n) is 2.72. The Labute approximate surface area is 56.8 Å². The lowest BCUT2D eigenvalue weighted by molar-refractivity contribution is 0.0594. The molecule has 54 valence electrons. The third-order valence-electron chi connectivity index (χ3n) is 1.99. The number of hydrogen-bond acceptors (Lipinski definition) is 2. The Morgan fingerprint density at radius 2 is 2.44 bits per heavy atom. The third-order valence-corrected chi connectivity index (χ3v) is 1.99. The molecule has 1 fully saturated rings. The van der Waals surface area contributed by atoms with Crippen LogP contribution in [0.1, 0.15) is 19.8 Å². The molecule has 0 N–H and O–H groups in total. The number of ether oxygens (including phenoxy) is 1. The van der Waals surface area contributed by atoms with E-state index in [1.54, 1.807) is 7.11 Å². The van der Waals surface area contributed by atoms with E-state index < -0.39 is 0 Å². The summed E-state index contributed by atoms with van der Waals surface area (Å²) in [6.07, 6.45) is 2.67. The molecule has 2 heteroatoms. The van der Waals surface area contributed by atoms with Crippen molar-refractivity contribution >= 4 is 0 Å². The van der Waals surface area contributed by atoms with Gasteiger partial charge in [0.05, 0.1) is 6.73 Å². The van der Waals surface area contributed by atoms with Gasteiger partial charge in [-0.15, -0.1) is 0 Å². The lowest BCUT2D eigenvalue weighted by Crippen LogP contribution is -2.28. The van der Waals surface area contributed by atoms with Crippen molar-refractivity contribution in [1.82, 2.24) is 4.90 Å². The van der Waals surface area contributed by atoms with Crippen LogP contribution in [0.3, 0.4) is 0 Å². The summed E-state index contributed by atoms with van der Waals surface area (Å²) in [6.45, 7) is 4.28. The zero-order valence-electron chi connectivity index (χ0n) is 6.26. The highest BCUT2D eigenvalue weighted by molar-refractivity contribution is 4.72. The number of rotatable bonds is 2. The average molecular weight is 129 g/mol. The fourth-order valence-electron chi connectivity index (χ4n) is 1.35. The van der Waals surface area contributed by atoms with Crippen molar-refractivity contribution < 1.29 is 4.74 Å². The van der Waals surface area contributed by atoms with Crippen LogP contribution in [0.2, 0.25) is 0 Å². The summed E-state index contributed by atoms with van der Waals surface area (Å²) in [5.41, 5.74) is 0. The molecule has 1 atom stereocenters. The molecule has 0 aromatic heterocycles. The second-order valence-corrected chi connectivity index (χ2v) is 2.72. The summed E-state index contributed by atoms with van der Waals surface area (Å²) in [7, 11) is 1.76. The highest BCUT2D eigenvalue weighted by Gasteiger charge is 2.18. The summed E-state index contributed by atoms with van der Waals surface area (Å²) in [4.78, 5) is 2.36. The summed E-state index contributed by atoms with van der Waals surface area (Å²) < 4.78 is 5.02. The monoisotopic (exact) mass is 129 g/mol. The topological polar surface area (TPSA) is 12.5 Å². The maximum Gasteiger partial charge on any atom is 0.0988 e. The van der Waals surface area contributed by atoms with Gasteiger partial charge in [-0.3, -0.25) is 4.90 Å². The number of nitrogens with zero attached hydrogens (tertiary/aromatic N) is 1. The van der Waals surface area contributed by atoms with E-state index in [1.807, 2.05) is 0 Å². The predicted molar refractivity (Wildman–Crippen MR) is 37.3 cm³/mol. The van der Waals surface area contributed by atoms with Gasteiger partial charge in [0.25, 0.3) is 0 Å². The van der Waals surface area contributed by atoms with Crippen molar-refractivity contribution in [3.8, 4) is 0 Å². The Morgan fingerprint density at radius 3 is 2.89 bits per heavy atom. The molecule has 0 aromatic carbocycles. The minimum atomic E-state index is 0.741. The molecule has 0 amide bonds. The molecule has 1 heterocycles. The first-order valence-electron chi connectivity index (χ1n) is 3.57. The first-order chi connectivity index (χ1) is 4.34. The number of likely N-dealkylation sites (tertiary alicyclic amines) is 1. The predicted octanol–water partition coefficient (Wildman–Crippen LogP) is 1.07. The minimum Gasteiger partial charge on any atom is -0.369 e. The largest absolute Gasteiger partial charge is 0.369 e. The van der Waals surface area contributed by atoms with E-state index >= 15 is 0 Å². The summed E-state index contributed by atoms with van der Waals surface area (Å²) >= 11 is 0. The van der Waals surface area contributed by atoms with Crippen LogP contribution >= 0.6 is 0 Å². The molecule has 0 bridgehead atoms. The SMILES string of the molecule is COCN1CCCC1C. The van der Waals surface area contributed by atoms with Crippen molar-refractivity contribution in [2.75, 3.05) is 20.4 Å². The maximum absolute atomic E-state index is 5.02. The van der Waals surface area contributed by atoms with Gasteiger partial charge in [-0.2, -0.15) is 0 Å². The molecule has 1 unspecified atom stereocenters. The van der Waals surface area contributed by atoms with E-state index in [4.69, 9.17) is 4.74 Å². The lowest BCUT2D eigenvalue weighted by atomic mass is 10.2. The van der Waals surface area contributed by atoms with Gasteiger partial charge in [-0.25, -0.2) is 0 Å². The Morgan fingerprint density at radius 1 is 1.67 bits per heavy atom. The van der Waals surface area contributed by atoms with Gasteiger partial charge < -0.3 is 4.74 Å². The molecule has 0 saturated carbocycles. The standard InChI is InChI=1S/C7H15NO/c1-7-4-3-5-8(7)6-9-2/h7H,3-6H2,1-2H3. The van der Waals surface area contributed by atoms with Crippen molar-refractivity contribution in [1.29, 1.82) is 0 Å². The first-order valence-corrected chi connectivity index (χ1v) is 3.57. The first kappa shape index (κ1) is 7.03. The van der Waals surface area contributed by atoms with Crippen LogP contribution < -0.4 is 0 Å². The smallest absolute Gasteiger partial charge is 0.0988 e. The van der Waals surface area contributed by atoms with Crippen LogP contribution in [0.5, 0.6) is 0 Å². The minimum absolute atomic E-state index is 0.741. The quantitative estimate of drug-likeness (QED) is 0.553. The molecule has 2 nitrogen and oxygen atoms in total. The van der Waals surface area contributed by atoms with E-state index in [2.05, 4.69) is 11.8 Å². The van der Waals surface area contributed by atoms with E-state index in [0.29, 0.717) is 0 Å². The molecule has 1 saturated heterocycles. The summed E-state index contributed by atoms with van der Waals surface area (Å²) in [5, 5.41) is 0. The van der Waals surface area contributed by atoms with E-state index in [0.717, 1.165) is 12.8 Å². The molecule has 0 aromatic rings. The van der Waals surface area contributed by atoms with Crippen LogP contribution in [-0.4, -0.2) is 31.3 Å². The van der Waals surface area contributed by atoms with Crippen molar-refractivity contribution in [3.05, 3.63) is 0 Å². The average Bonchev–Trinajstić information content (AvgIpc) is 2.18. The van der Waals surface area contributed by atoms with Crippen LogP contribution in [0.15, 0.2) is 0 Å². The number of hydrogen-bond donors (Lipinski definition) is 0. The molecule has 1 aliphatic rings. The van der Waals surface area contributed by atoms with Gasteiger partial charge in [0, 0.05) is 19.7 Å². The summed E-state index contributed by atoms with van der Waals surface area (Å²) in [6, 6.07) is 0.741. The van der Waals surface area contributed by atoms with Gasteiger partial charge in [0.2, 0.25) is 0 Å². The Bertz CT molecular complexity index is 85.0. The molecule has 1 aliphatic heterocycles. The molecule has 0 aliphatic carbocycles. The fourth-order valence-corrected chi connectivity index (χ4v) is 1.35. The molecule has 0 radical (unpaired) electrons. The molecule has 0 spiro atoms. The fraction of sp³-hybridized carbons (Fsp3) is 1.00. The van der Waals surface area contributed by atoms with Gasteiger partial charge in [0.15, 0.2) is 0 Å². The van der Waals surface area contributed by atoms with Gasteiger partial charge in [0.1, 0.15) is 0 Å². The van der Waals surface area contributed by atoms with Crippen LogP contribution in [0, 0.1) is 0 Å². The Balaban J connectivity index is 2.22. The maximum atomic E-state index is 5.02. The second kappa shape index (κ2) is 3.18. The van der Waals surface area contributed by atoms with E-state index in [1.165, 1.54) is 19.4 Å². The van der Waals surface area contributed by atoms with Crippen LogP contribution in [-0.2, 0) is 4.74 Å². The number of methoxy groups -OCH3 is 1. The van der Waals surface area contributed by atoms with E-state index in [9.17, 15) is 0 Å². The van der Waals surface area contributed by atoms with E-state index in [-0.39, 0.29) is 0 Å². The summed E-state index contributed by atoms with van der Waals surface area (Å²) in [5.74, 6) is 0. The van der Waals surface area contributed by atoms with Gasteiger partial charge >= 0.3 is 0 Å². The van der Waals surface area contributed by atoms with Gasteiger partial charge in [-0.05, 0) is 19.8 Å². The Hall–Kier alpha value is -0.0800. The van der Waals surface area contributed by atoms with Crippen molar-refractivity contribution in [3.63, 3.8) is 0 Å². The Kier molecular flexibility index (Phi) is 2.49. The highest BCUT2D eigenvalue weighted by atomic mass is 16.5. The van der Waals surface area contributed by atoms with Gasteiger partial charge in [-0.1, -0.05) is 0 Å². The van der Waals surface area contributed by atoms with Crippen molar-refractivity contribution in [2.45, 2.75) is 25.8 Å². The molecule has 9 heavy (non-hydrogen) atoms. The normalized spacial score (nSPS) is 29.3.